The molecule has 0 radical (unpaired) electrons. The van der Waals surface area contributed by atoms with Crippen molar-refractivity contribution in [2.75, 3.05) is 13.6 Å². The van der Waals surface area contributed by atoms with Crippen molar-refractivity contribution in [2.45, 2.75) is 56.9 Å². The molecule has 0 aliphatic heterocycles. The summed E-state index contributed by atoms with van der Waals surface area (Å²) in [6.07, 6.45) is 4.86. The smallest absolute Gasteiger partial charge is 0.130 e. The van der Waals surface area contributed by atoms with Crippen molar-refractivity contribution in [3.8, 4) is 6.07 Å². The zero-order chi connectivity index (χ0) is 20.9. The molecule has 2 aromatic rings. The molecule has 2 unspecified atom stereocenters. The van der Waals surface area contributed by atoms with E-state index in [1.807, 2.05) is 18.2 Å². The van der Waals surface area contributed by atoms with Gasteiger partial charge in [0, 0.05) is 18.2 Å². The van der Waals surface area contributed by atoms with Gasteiger partial charge in [-0.3, -0.25) is 0 Å². The van der Waals surface area contributed by atoms with Crippen LogP contribution in [0.5, 0.6) is 0 Å². The van der Waals surface area contributed by atoms with Crippen LogP contribution in [-0.2, 0) is 11.8 Å². The Hall–Kier alpha value is -2.25. The third kappa shape index (κ3) is 4.85. The molecule has 0 saturated heterocycles. The highest BCUT2D eigenvalue weighted by Gasteiger charge is 2.49. The normalized spacial score (nSPS) is 17.0. The van der Waals surface area contributed by atoms with Gasteiger partial charge in [-0.25, -0.2) is 8.78 Å². The van der Waals surface area contributed by atoms with Crippen molar-refractivity contribution < 1.29 is 8.78 Å². The molecule has 1 fully saturated rings. The van der Waals surface area contributed by atoms with Crippen LogP contribution in [0.25, 0.3) is 0 Å². The lowest BCUT2D eigenvalue weighted by Crippen LogP contribution is -2.36. The zero-order valence-electron chi connectivity index (χ0n) is 17.4. The maximum Gasteiger partial charge on any atom is 0.130 e. The summed E-state index contributed by atoms with van der Waals surface area (Å²) < 4.78 is 29.2. The van der Waals surface area contributed by atoms with E-state index in [0.717, 1.165) is 38.6 Å². The van der Waals surface area contributed by atoms with Crippen molar-refractivity contribution in [3.05, 3.63) is 71.3 Å². The first kappa shape index (κ1) is 21.5. The summed E-state index contributed by atoms with van der Waals surface area (Å²) in [4.78, 5) is 2.32. The average molecular weight is 397 g/mol. The van der Waals surface area contributed by atoms with Gasteiger partial charge in [-0.05, 0) is 69.2 Å². The van der Waals surface area contributed by atoms with Crippen LogP contribution in [0.2, 0.25) is 0 Å². The van der Waals surface area contributed by atoms with E-state index in [4.69, 9.17) is 0 Å². The monoisotopic (exact) mass is 396 g/mol. The fraction of sp³-hybridized carbons (Fsp3) is 0.480. The van der Waals surface area contributed by atoms with Gasteiger partial charge >= 0.3 is 0 Å². The van der Waals surface area contributed by atoms with Crippen molar-refractivity contribution in [1.82, 2.24) is 4.90 Å². The summed E-state index contributed by atoms with van der Waals surface area (Å²) in [5.74, 6) is -1.14. The van der Waals surface area contributed by atoms with Gasteiger partial charge in [0.05, 0.1) is 11.5 Å². The van der Waals surface area contributed by atoms with Crippen LogP contribution in [0.4, 0.5) is 8.78 Å². The van der Waals surface area contributed by atoms with Crippen molar-refractivity contribution in [2.24, 2.45) is 5.92 Å². The number of likely N-dealkylation sites (N-methyl/N-ethyl adjacent to an activating group) is 1. The van der Waals surface area contributed by atoms with E-state index in [1.54, 1.807) is 0 Å². The molecule has 1 aliphatic rings. The third-order valence-electron chi connectivity index (χ3n) is 6.45. The van der Waals surface area contributed by atoms with Crippen LogP contribution in [-0.4, -0.2) is 24.5 Å². The van der Waals surface area contributed by atoms with Gasteiger partial charge in [0.1, 0.15) is 11.6 Å². The molecule has 0 bridgehead atoms. The Labute approximate surface area is 173 Å². The van der Waals surface area contributed by atoms with Gasteiger partial charge in [-0.1, -0.05) is 43.3 Å². The molecule has 0 amide bonds. The largest absolute Gasteiger partial charge is 0.303 e. The van der Waals surface area contributed by atoms with E-state index in [2.05, 4.69) is 37.1 Å². The van der Waals surface area contributed by atoms with Gasteiger partial charge in [-0.2, -0.15) is 5.26 Å². The quantitative estimate of drug-likeness (QED) is 0.502. The van der Waals surface area contributed by atoms with Crippen LogP contribution in [0.1, 0.15) is 50.2 Å². The summed E-state index contributed by atoms with van der Waals surface area (Å²) in [7, 11) is 2.10. The number of rotatable bonds is 10. The Morgan fingerprint density at radius 1 is 1.10 bits per heavy atom. The maximum absolute atomic E-state index is 14.6. The molecule has 0 heterocycles. The lowest BCUT2D eigenvalue weighted by atomic mass is 9.72. The highest BCUT2D eigenvalue weighted by Crippen LogP contribution is 2.51. The third-order valence-corrected chi connectivity index (χ3v) is 6.45. The van der Waals surface area contributed by atoms with E-state index in [0.29, 0.717) is 6.42 Å². The van der Waals surface area contributed by atoms with E-state index in [-0.39, 0.29) is 17.5 Å². The van der Waals surface area contributed by atoms with Gasteiger partial charge in [0.2, 0.25) is 0 Å². The van der Waals surface area contributed by atoms with Crippen LogP contribution < -0.4 is 0 Å². The second-order valence-electron chi connectivity index (χ2n) is 8.27. The summed E-state index contributed by atoms with van der Waals surface area (Å²) in [6, 6.07) is 16.9. The zero-order valence-corrected chi connectivity index (χ0v) is 17.4. The predicted molar refractivity (Wildman–Crippen MR) is 112 cm³/mol. The molecule has 0 N–H and O–H groups in total. The van der Waals surface area contributed by atoms with Crippen LogP contribution >= 0.6 is 0 Å². The number of benzene rings is 2. The van der Waals surface area contributed by atoms with E-state index >= 15 is 0 Å². The molecular formula is C25H30F2N2. The van der Waals surface area contributed by atoms with Crippen LogP contribution in [0, 0.1) is 28.9 Å². The summed E-state index contributed by atoms with van der Waals surface area (Å²) in [5.41, 5.74) is 0.210. The van der Waals surface area contributed by atoms with Crippen molar-refractivity contribution >= 4 is 0 Å². The molecule has 1 aliphatic carbocycles. The number of nitriles is 1. The molecule has 0 aromatic heterocycles. The predicted octanol–water partition coefficient (Wildman–Crippen LogP) is 5.87. The maximum atomic E-state index is 14.6. The molecule has 2 nitrogen and oxygen atoms in total. The van der Waals surface area contributed by atoms with Crippen LogP contribution in [0.15, 0.2) is 48.5 Å². The average Bonchev–Trinajstić information content (AvgIpc) is 3.57. The Morgan fingerprint density at radius 2 is 1.76 bits per heavy atom. The molecule has 3 rings (SSSR count). The van der Waals surface area contributed by atoms with Crippen molar-refractivity contribution in [3.63, 3.8) is 0 Å². The second kappa shape index (κ2) is 9.50. The molecule has 29 heavy (non-hydrogen) atoms. The topological polar surface area (TPSA) is 27.0 Å². The number of hydrogen-bond acceptors (Lipinski definition) is 2. The lowest BCUT2D eigenvalue weighted by molar-refractivity contribution is 0.209. The number of halogens is 2. The molecule has 2 atom stereocenters. The van der Waals surface area contributed by atoms with E-state index in [1.165, 1.54) is 23.8 Å². The van der Waals surface area contributed by atoms with Crippen molar-refractivity contribution in [1.29, 1.82) is 5.26 Å². The summed E-state index contributed by atoms with van der Waals surface area (Å²) >= 11 is 0. The second-order valence-corrected chi connectivity index (χ2v) is 8.27. The lowest BCUT2D eigenvalue weighted by Gasteiger charge is -2.33. The number of hydrogen-bond donors (Lipinski definition) is 0. The number of nitrogens with zero attached hydrogens (tertiary/aromatic N) is 2. The highest BCUT2D eigenvalue weighted by molar-refractivity contribution is 5.38. The highest BCUT2D eigenvalue weighted by atomic mass is 19.1. The first-order chi connectivity index (χ1) is 14.0. The Kier molecular flexibility index (Phi) is 7.03. The minimum absolute atomic E-state index is 0.0215. The van der Waals surface area contributed by atoms with E-state index < -0.39 is 17.0 Å². The standard InChI is InChI=1S/C25H30F2N2/c1-3-21(29(2)17-15-19-8-5-4-6-9-19)14-16-25(18-28,20-12-13-20)24-22(26)10-7-11-23(24)27/h4-11,20-21H,3,12-17H2,1-2H3. The minimum atomic E-state index is -1.07. The summed E-state index contributed by atoms with van der Waals surface area (Å²) in [5, 5.41) is 10.1. The fourth-order valence-electron chi connectivity index (χ4n) is 4.50. The van der Waals surface area contributed by atoms with E-state index in [9.17, 15) is 14.0 Å². The van der Waals surface area contributed by atoms with Gasteiger partial charge in [0.15, 0.2) is 0 Å². The minimum Gasteiger partial charge on any atom is -0.303 e. The molecular weight excluding hydrogens is 366 g/mol. The molecule has 2 aromatic carbocycles. The molecule has 0 spiro atoms. The van der Waals surface area contributed by atoms with Gasteiger partial charge in [-0.15, -0.1) is 0 Å². The molecule has 1 saturated carbocycles. The van der Waals surface area contributed by atoms with Gasteiger partial charge < -0.3 is 4.90 Å². The Morgan fingerprint density at radius 3 is 2.31 bits per heavy atom. The Balaban J connectivity index is 1.72. The first-order valence-corrected chi connectivity index (χ1v) is 10.6. The fourth-order valence-corrected chi connectivity index (χ4v) is 4.50. The van der Waals surface area contributed by atoms with Gasteiger partial charge in [0.25, 0.3) is 0 Å². The first-order valence-electron chi connectivity index (χ1n) is 10.6. The molecule has 4 heteroatoms. The molecule has 154 valence electrons. The summed E-state index contributed by atoms with van der Waals surface area (Å²) in [6.45, 7) is 3.05. The Bertz CT molecular complexity index is 821. The van der Waals surface area contributed by atoms with Crippen LogP contribution in [0.3, 0.4) is 0 Å². The SMILES string of the molecule is CCC(CCC(C#N)(c1c(F)cccc1F)C1CC1)N(C)CCc1ccccc1.